The van der Waals surface area contributed by atoms with Gasteiger partial charge in [-0.3, -0.25) is 19.6 Å². The predicted molar refractivity (Wildman–Crippen MR) is 135 cm³/mol. The molecule has 3 aromatic rings. The first-order chi connectivity index (χ1) is 18.4. The van der Waals surface area contributed by atoms with Crippen molar-refractivity contribution in [3.8, 4) is 0 Å². The highest BCUT2D eigenvalue weighted by molar-refractivity contribution is 7.46. The number of ether oxygens (including phenoxy) is 1. The lowest BCUT2D eigenvalue weighted by Gasteiger charge is -2.32. The van der Waals surface area contributed by atoms with Gasteiger partial charge in [-0.1, -0.05) is 36.4 Å². The number of benzene rings is 2. The summed E-state index contributed by atoms with van der Waals surface area (Å²) in [4.78, 5) is 46.8. The monoisotopic (exact) mass is 568 g/mol. The van der Waals surface area contributed by atoms with E-state index in [2.05, 4.69) is 20.3 Å². The zero-order valence-corrected chi connectivity index (χ0v) is 21.6. The number of rotatable bonds is 12. The van der Waals surface area contributed by atoms with Crippen LogP contribution in [0.2, 0.25) is 0 Å². The molecule has 2 aromatic carbocycles. The van der Waals surface area contributed by atoms with Gasteiger partial charge in [-0.2, -0.15) is 0 Å². The van der Waals surface area contributed by atoms with Crippen LogP contribution in [0.3, 0.4) is 0 Å². The molecule has 0 radical (unpaired) electrons. The van der Waals surface area contributed by atoms with Gasteiger partial charge in [0.15, 0.2) is 11.6 Å². The second kappa shape index (κ2) is 13.5. The lowest BCUT2D eigenvalue weighted by molar-refractivity contribution is -0.137. The highest BCUT2D eigenvalue weighted by Crippen LogP contribution is 2.36. The summed E-state index contributed by atoms with van der Waals surface area (Å²) in [5.74, 6) is -2.67. The maximum Gasteiger partial charge on any atom is 0.469 e. The van der Waals surface area contributed by atoms with Crippen molar-refractivity contribution in [2.75, 3.05) is 18.5 Å². The fourth-order valence-corrected chi connectivity index (χ4v) is 4.00. The SMILES string of the molecule is CC(=O)N(NCc1cccc(F)c1F)[C@H](COC(=O)Nc1cc2ccccc2cn1)C[C@@H](O)COP(=O)(O)O. The summed E-state index contributed by atoms with van der Waals surface area (Å²) in [6, 6.07) is 11.3. The summed E-state index contributed by atoms with van der Waals surface area (Å²) in [7, 11) is -4.89. The van der Waals surface area contributed by atoms with Gasteiger partial charge in [-0.25, -0.2) is 28.6 Å². The van der Waals surface area contributed by atoms with Crippen LogP contribution in [0.1, 0.15) is 18.9 Å². The number of pyridine rings is 1. The number of phosphoric ester groups is 1. The summed E-state index contributed by atoms with van der Waals surface area (Å²) in [5.41, 5.74) is 2.52. The van der Waals surface area contributed by atoms with Gasteiger partial charge < -0.3 is 19.6 Å². The number of hydrogen-bond acceptors (Lipinski definition) is 8. The second-order valence-electron chi connectivity index (χ2n) is 8.41. The Hall–Kier alpha value is -3.52. The van der Waals surface area contributed by atoms with Gasteiger partial charge in [-0.15, -0.1) is 0 Å². The van der Waals surface area contributed by atoms with E-state index in [0.29, 0.717) is 0 Å². The molecule has 39 heavy (non-hydrogen) atoms. The molecular weight excluding hydrogens is 541 g/mol. The third-order valence-electron chi connectivity index (χ3n) is 5.42. The van der Waals surface area contributed by atoms with Gasteiger partial charge in [0.05, 0.1) is 18.8 Å². The number of amides is 2. The third kappa shape index (κ3) is 9.32. The van der Waals surface area contributed by atoms with Crippen molar-refractivity contribution in [2.45, 2.75) is 32.0 Å². The number of aliphatic hydroxyl groups is 1. The highest BCUT2D eigenvalue weighted by atomic mass is 31.2. The predicted octanol–water partition coefficient (Wildman–Crippen LogP) is 2.84. The molecular formula is C24H27F2N4O8P. The van der Waals surface area contributed by atoms with Crippen molar-refractivity contribution in [3.63, 3.8) is 0 Å². The number of anilines is 1. The van der Waals surface area contributed by atoms with Crippen molar-refractivity contribution in [2.24, 2.45) is 0 Å². The van der Waals surface area contributed by atoms with Crippen molar-refractivity contribution in [1.82, 2.24) is 15.4 Å². The number of halogens is 2. The molecule has 0 bridgehead atoms. The molecule has 0 saturated carbocycles. The molecule has 0 aliphatic carbocycles. The van der Waals surface area contributed by atoms with Crippen LogP contribution in [0.4, 0.5) is 19.4 Å². The van der Waals surface area contributed by atoms with E-state index in [1.807, 2.05) is 24.3 Å². The Bertz CT molecular complexity index is 1360. The number of hydrogen-bond donors (Lipinski definition) is 5. The van der Waals surface area contributed by atoms with E-state index in [1.54, 1.807) is 12.3 Å². The van der Waals surface area contributed by atoms with Crippen molar-refractivity contribution < 1.29 is 47.1 Å². The van der Waals surface area contributed by atoms with E-state index in [-0.39, 0.29) is 24.3 Å². The van der Waals surface area contributed by atoms with Gasteiger partial charge in [0.1, 0.15) is 12.4 Å². The fourth-order valence-electron chi connectivity index (χ4n) is 3.63. The van der Waals surface area contributed by atoms with Crippen molar-refractivity contribution >= 4 is 36.4 Å². The van der Waals surface area contributed by atoms with Gasteiger partial charge in [0.25, 0.3) is 0 Å². The topological polar surface area (TPSA) is 171 Å². The van der Waals surface area contributed by atoms with E-state index in [0.717, 1.165) is 28.8 Å². The van der Waals surface area contributed by atoms with Crippen LogP contribution < -0.4 is 10.7 Å². The molecule has 0 aliphatic rings. The van der Waals surface area contributed by atoms with Crippen LogP contribution in [0.25, 0.3) is 10.8 Å². The van der Waals surface area contributed by atoms with E-state index >= 15 is 0 Å². The Morgan fingerprint density at radius 1 is 1.10 bits per heavy atom. The van der Waals surface area contributed by atoms with Crippen LogP contribution in [-0.2, 0) is 25.2 Å². The quantitative estimate of drug-likeness (QED) is 0.162. The maximum atomic E-state index is 14.1. The molecule has 0 saturated heterocycles. The first-order valence-electron chi connectivity index (χ1n) is 11.6. The molecule has 3 rings (SSSR count). The Labute approximate surface area is 221 Å². The van der Waals surface area contributed by atoms with Crippen LogP contribution >= 0.6 is 7.82 Å². The first-order valence-corrected chi connectivity index (χ1v) is 13.1. The first kappa shape index (κ1) is 30.0. The minimum absolute atomic E-state index is 0.105. The van der Waals surface area contributed by atoms with Crippen LogP contribution in [0.5, 0.6) is 0 Å². The van der Waals surface area contributed by atoms with Crippen LogP contribution in [0, 0.1) is 11.6 Å². The molecule has 1 heterocycles. The summed E-state index contributed by atoms with van der Waals surface area (Å²) in [5, 5.41) is 15.3. The highest BCUT2D eigenvalue weighted by Gasteiger charge is 2.28. The number of hydrazine groups is 1. The Morgan fingerprint density at radius 2 is 1.82 bits per heavy atom. The minimum atomic E-state index is -4.89. The average Bonchev–Trinajstić information content (AvgIpc) is 2.87. The minimum Gasteiger partial charge on any atom is -0.447 e. The summed E-state index contributed by atoms with van der Waals surface area (Å²) in [6.07, 6.45) is -1.27. The molecule has 1 aromatic heterocycles. The Morgan fingerprint density at radius 3 is 2.51 bits per heavy atom. The van der Waals surface area contributed by atoms with Crippen molar-refractivity contribution in [3.05, 3.63) is 71.9 Å². The van der Waals surface area contributed by atoms with Gasteiger partial charge in [-0.05, 0) is 17.5 Å². The Kier molecular flexibility index (Phi) is 10.4. The van der Waals surface area contributed by atoms with Crippen LogP contribution in [0.15, 0.2) is 54.7 Å². The number of aromatic nitrogens is 1. The smallest absolute Gasteiger partial charge is 0.447 e. The van der Waals surface area contributed by atoms with Crippen molar-refractivity contribution in [1.29, 1.82) is 0 Å². The van der Waals surface area contributed by atoms with Gasteiger partial charge >= 0.3 is 13.9 Å². The van der Waals surface area contributed by atoms with Gasteiger partial charge in [0, 0.05) is 37.0 Å². The number of aliphatic hydroxyl groups excluding tert-OH is 1. The van der Waals surface area contributed by atoms with E-state index in [1.165, 1.54) is 12.1 Å². The lowest BCUT2D eigenvalue weighted by Crippen LogP contribution is -2.52. The maximum absolute atomic E-state index is 14.1. The summed E-state index contributed by atoms with van der Waals surface area (Å²) >= 11 is 0. The van der Waals surface area contributed by atoms with Gasteiger partial charge in [0.2, 0.25) is 5.91 Å². The van der Waals surface area contributed by atoms with E-state index < -0.39 is 56.8 Å². The molecule has 2 amide bonds. The largest absolute Gasteiger partial charge is 0.469 e. The molecule has 0 unspecified atom stereocenters. The number of carbonyl (C=O) groups is 2. The zero-order chi connectivity index (χ0) is 28.6. The van der Waals surface area contributed by atoms with Crippen LogP contribution in [-0.4, -0.2) is 62.2 Å². The summed E-state index contributed by atoms with van der Waals surface area (Å²) in [6.45, 7) is -0.510. The average molecular weight is 568 g/mol. The van der Waals surface area contributed by atoms with E-state index in [9.17, 15) is 28.0 Å². The normalized spacial score (nSPS) is 13.1. The molecule has 12 nitrogen and oxygen atoms in total. The standard InChI is InChI=1S/C24H27F2N4O8P/c1-15(31)30(28-12-18-7-4-8-21(25)23(18)26)19(10-20(32)14-38-39(34,35)36)13-37-24(33)29-22-9-16-5-2-3-6-17(16)11-27-22/h2-9,11,19-20,28,32H,10,12-14H2,1H3,(H,27,29,33)(H2,34,35,36)/t19-,20+/m0/s1. The van der Waals surface area contributed by atoms with E-state index in [4.69, 9.17) is 14.5 Å². The molecule has 2 atom stereocenters. The number of phosphoric acid groups is 1. The molecule has 210 valence electrons. The summed E-state index contributed by atoms with van der Waals surface area (Å²) < 4.78 is 48.2. The molecule has 15 heteroatoms. The number of fused-ring (bicyclic) bond motifs is 1. The molecule has 0 spiro atoms. The molecule has 5 N–H and O–H groups in total. The number of carbonyl (C=O) groups excluding carboxylic acids is 2. The molecule has 0 aliphatic heterocycles. The Balaban J connectivity index is 1.71. The fraction of sp³-hybridized carbons (Fsp3) is 0.292. The second-order valence-corrected chi connectivity index (χ2v) is 9.65. The third-order valence-corrected chi connectivity index (χ3v) is 5.91. The number of nitrogens with zero attached hydrogens (tertiary/aromatic N) is 2. The number of nitrogens with one attached hydrogen (secondary N) is 2. The lowest BCUT2D eigenvalue weighted by atomic mass is 10.1. The molecule has 0 fully saturated rings. The zero-order valence-electron chi connectivity index (χ0n) is 20.7.